The number of para-hydroxylation sites is 1. The van der Waals surface area contributed by atoms with Gasteiger partial charge in [-0.25, -0.2) is 9.59 Å². The van der Waals surface area contributed by atoms with E-state index < -0.39 is 48.5 Å². The van der Waals surface area contributed by atoms with Crippen molar-refractivity contribution in [3.8, 4) is 0 Å². The Bertz CT molecular complexity index is 1070. The minimum Gasteiger partial charge on any atom is -0.438 e. The van der Waals surface area contributed by atoms with Gasteiger partial charge in [-0.05, 0) is 12.1 Å². The van der Waals surface area contributed by atoms with Crippen molar-refractivity contribution < 1.29 is 24.5 Å². The van der Waals surface area contributed by atoms with E-state index in [0.29, 0.717) is 5.69 Å². The second-order valence-corrected chi connectivity index (χ2v) is 11.0. The Labute approximate surface area is 191 Å². The van der Waals surface area contributed by atoms with Crippen LogP contribution in [-0.4, -0.2) is 55.5 Å². The lowest BCUT2D eigenvalue weighted by Gasteiger charge is -2.22. The number of aliphatic hydroxyl groups is 2. The number of benzene rings is 1. The number of amides is 1. The third-order valence-electron chi connectivity index (χ3n) is 4.37. The van der Waals surface area contributed by atoms with Gasteiger partial charge in [0.1, 0.15) is 12.2 Å². The summed E-state index contributed by atoms with van der Waals surface area (Å²) in [5.41, 5.74) is -0.895. The monoisotopic (exact) mass is 483 g/mol. The Morgan fingerprint density at radius 1 is 1.28 bits per heavy atom. The number of aromatic amines is 1. The number of hydrogen-bond donors (Lipinski definition) is 4. The largest absolute Gasteiger partial charge is 0.438 e. The van der Waals surface area contributed by atoms with Crippen LogP contribution in [0.3, 0.4) is 0 Å². The lowest BCUT2D eigenvalue weighted by Crippen LogP contribution is -2.41. The highest BCUT2D eigenvalue weighted by molar-refractivity contribution is 8.77. The summed E-state index contributed by atoms with van der Waals surface area (Å²) in [7, 11) is 3.14. The predicted molar refractivity (Wildman–Crippen MR) is 122 cm³/mol. The van der Waals surface area contributed by atoms with Crippen LogP contribution in [0, 0.1) is 0 Å². The van der Waals surface area contributed by atoms with Gasteiger partial charge in [-0.2, -0.15) is 0 Å². The molecule has 0 aliphatic carbocycles. The molecule has 4 atom stereocenters. The first kappa shape index (κ1) is 24.4. The summed E-state index contributed by atoms with van der Waals surface area (Å²) < 4.78 is 11.9. The van der Waals surface area contributed by atoms with Gasteiger partial charge < -0.3 is 19.7 Å². The van der Waals surface area contributed by atoms with Gasteiger partial charge in [0.05, 0.1) is 12.3 Å². The molecular formula is C20H25N3O7S2. The lowest BCUT2D eigenvalue weighted by atomic mass is 10.1. The van der Waals surface area contributed by atoms with Gasteiger partial charge in [-0.1, -0.05) is 54.5 Å². The van der Waals surface area contributed by atoms with E-state index in [9.17, 15) is 24.6 Å². The average molecular weight is 484 g/mol. The van der Waals surface area contributed by atoms with Gasteiger partial charge in [-0.15, -0.1) is 0 Å². The van der Waals surface area contributed by atoms with Crippen LogP contribution in [0.2, 0.25) is 0 Å². The maximum Gasteiger partial charge on any atom is 0.412 e. The van der Waals surface area contributed by atoms with E-state index in [-0.39, 0.29) is 4.75 Å². The summed E-state index contributed by atoms with van der Waals surface area (Å²) in [6.45, 7) is 5.67. The van der Waals surface area contributed by atoms with Crippen LogP contribution >= 0.6 is 21.6 Å². The third kappa shape index (κ3) is 5.95. The van der Waals surface area contributed by atoms with E-state index in [2.05, 4.69) is 31.1 Å². The Morgan fingerprint density at radius 3 is 2.66 bits per heavy atom. The molecule has 32 heavy (non-hydrogen) atoms. The maximum atomic E-state index is 12.7. The summed E-state index contributed by atoms with van der Waals surface area (Å²) in [6.07, 6.45) is -4.72. The second-order valence-electron chi connectivity index (χ2n) is 8.03. The van der Waals surface area contributed by atoms with Crippen molar-refractivity contribution in [2.45, 2.75) is 55.0 Å². The molecule has 2 aromatic rings. The predicted octanol–water partition coefficient (Wildman–Crippen LogP) is 1.94. The Balaban J connectivity index is 1.78. The fraction of sp³-hybridized carbons (Fsp3) is 0.450. The molecule has 1 aromatic carbocycles. The Morgan fingerprint density at radius 2 is 2.00 bits per heavy atom. The second kappa shape index (κ2) is 10.1. The number of ether oxygens (including phenoxy) is 2. The molecular weight excluding hydrogens is 458 g/mol. The number of nitrogens with one attached hydrogen (secondary N) is 2. The smallest absolute Gasteiger partial charge is 0.412 e. The zero-order valence-corrected chi connectivity index (χ0v) is 19.3. The average Bonchev–Trinajstić information content (AvgIpc) is 3.02. The molecule has 0 spiro atoms. The standard InChI is InChI=1S/C20H25N3O7S2/c1-20(2,3)32-31-13-7-5-4-6-11(13)21-19(28)30-16-15(26)12(10-24)29-17(16)23-9-8-14(25)22-18(23)27/h4-9,12,15-17,24,26H,10H2,1-3H3,(H,21,28)(H,22,25,27)/t12-,15-,16-,17-/m1/s1. The number of carbonyl (C=O) groups is 1. The first-order valence-corrected chi connectivity index (χ1v) is 11.9. The van der Waals surface area contributed by atoms with E-state index in [1.807, 2.05) is 12.1 Å². The molecule has 1 amide bonds. The van der Waals surface area contributed by atoms with Crippen LogP contribution < -0.4 is 16.6 Å². The Hall–Kier alpha value is -2.25. The molecule has 12 heteroatoms. The molecule has 1 fully saturated rings. The molecule has 174 valence electrons. The van der Waals surface area contributed by atoms with E-state index in [4.69, 9.17) is 9.47 Å². The number of aromatic nitrogens is 2. The molecule has 0 bridgehead atoms. The molecule has 0 saturated carbocycles. The topological polar surface area (TPSA) is 143 Å². The number of anilines is 1. The fourth-order valence-electron chi connectivity index (χ4n) is 2.92. The normalized spacial score (nSPS) is 23.2. The first-order chi connectivity index (χ1) is 15.1. The molecule has 2 heterocycles. The fourth-order valence-corrected chi connectivity index (χ4v) is 5.06. The van der Waals surface area contributed by atoms with Crippen LogP contribution in [0.1, 0.15) is 27.0 Å². The highest BCUT2D eigenvalue weighted by atomic mass is 33.1. The van der Waals surface area contributed by atoms with Crippen molar-refractivity contribution in [2.75, 3.05) is 11.9 Å². The number of nitrogens with zero attached hydrogens (tertiary/aromatic N) is 1. The van der Waals surface area contributed by atoms with Crippen molar-refractivity contribution in [3.63, 3.8) is 0 Å². The van der Waals surface area contributed by atoms with Crippen molar-refractivity contribution in [2.24, 2.45) is 0 Å². The minimum atomic E-state index is -1.39. The van der Waals surface area contributed by atoms with Crippen LogP contribution in [0.4, 0.5) is 10.5 Å². The van der Waals surface area contributed by atoms with Crippen molar-refractivity contribution >= 4 is 33.4 Å². The first-order valence-electron chi connectivity index (χ1n) is 9.77. The SMILES string of the molecule is CC(C)(C)SSc1ccccc1NC(=O)O[C@@H]1[C@H](O)[C@@H](CO)O[C@H]1n1ccc(=O)[nH]c1=O. The number of carbonyl (C=O) groups excluding carboxylic acids is 1. The molecule has 3 rings (SSSR count). The summed E-state index contributed by atoms with van der Waals surface area (Å²) in [6, 6.07) is 8.28. The molecule has 1 aliphatic heterocycles. The molecule has 1 aromatic heterocycles. The number of hydrogen-bond acceptors (Lipinski definition) is 9. The third-order valence-corrected chi connectivity index (χ3v) is 7.77. The van der Waals surface area contributed by atoms with Crippen LogP contribution in [0.15, 0.2) is 51.0 Å². The highest BCUT2D eigenvalue weighted by Gasteiger charge is 2.47. The van der Waals surface area contributed by atoms with Crippen molar-refractivity contribution in [1.29, 1.82) is 0 Å². The number of aliphatic hydroxyl groups excluding tert-OH is 2. The van der Waals surface area contributed by atoms with Crippen LogP contribution in [-0.2, 0) is 9.47 Å². The van der Waals surface area contributed by atoms with Gasteiger partial charge in [0.15, 0.2) is 12.3 Å². The zero-order valence-electron chi connectivity index (χ0n) is 17.7. The van der Waals surface area contributed by atoms with E-state index in [0.717, 1.165) is 15.5 Å². The number of rotatable bonds is 6. The van der Waals surface area contributed by atoms with Gasteiger partial charge in [0.25, 0.3) is 5.56 Å². The lowest BCUT2D eigenvalue weighted by molar-refractivity contribution is -0.0559. The zero-order chi connectivity index (χ0) is 23.5. The summed E-state index contributed by atoms with van der Waals surface area (Å²) >= 11 is 0. The van der Waals surface area contributed by atoms with Gasteiger partial charge in [-0.3, -0.25) is 19.7 Å². The van der Waals surface area contributed by atoms with Gasteiger partial charge in [0.2, 0.25) is 0 Å². The highest BCUT2D eigenvalue weighted by Crippen LogP contribution is 2.43. The molecule has 10 nitrogen and oxygen atoms in total. The van der Waals surface area contributed by atoms with E-state index in [1.54, 1.807) is 22.9 Å². The van der Waals surface area contributed by atoms with Gasteiger partial charge in [0, 0.05) is 21.9 Å². The maximum absolute atomic E-state index is 12.7. The Kier molecular flexibility index (Phi) is 7.72. The van der Waals surface area contributed by atoms with E-state index in [1.165, 1.54) is 17.0 Å². The van der Waals surface area contributed by atoms with Crippen molar-refractivity contribution in [3.05, 3.63) is 57.4 Å². The quantitative estimate of drug-likeness (QED) is 0.453. The minimum absolute atomic E-state index is 0.0000275. The summed E-state index contributed by atoms with van der Waals surface area (Å²) in [5.74, 6) is 0. The summed E-state index contributed by atoms with van der Waals surface area (Å²) in [5, 5.41) is 22.6. The summed E-state index contributed by atoms with van der Waals surface area (Å²) in [4.78, 5) is 39.1. The van der Waals surface area contributed by atoms with Crippen LogP contribution in [0.5, 0.6) is 0 Å². The molecule has 1 aliphatic rings. The molecule has 4 N–H and O–H groups in total. The molecule has 0 unspecified atom stereocenters. The molecule has 0 radical (unpaired) electrons. The number of H-pyrrole nitrogens is 1. The van der Waals surface area contributed by atoms with Crippen molar-refractivity contribution in [1.82, 2.24) is 9.55 Å². The van der Waals surface area contributed by atoms with E-state index >= 15 is 0 Å². The molecule has 1 saturated heterocycles. The van der Waals surface area contributed by atoms with Gasteiger partial charge >= 0.3 is 11.8 Å². The van der Waals surface area contributed by atoms with Crippen LogP contribution in [0.25, 0.3) is 0 Å².